The number of para-hydroxylation sites is 1. The Morgan fingerprint density at radius 1 is 1.11 bits per heavy atom. The fourth-order valence-corrected chi connectivity index (χ4v) is 6.36. The lowest BCUT2D eigenvalue weighted by Gasteiger charge is -2.33. The number of hydrogen-bond acceptors (Lipinski definition) is 6. The van der Waals surface area contributed by atoms with Crippen molar-refractivity contribution in [3.8, 4) is 6.07 Å². The number of nitrogens with zero attached hydrogens (tertiary/aromatic N) is 4. The molecule has 2 N–H and O–H groups in total. The summed E-state index contributed by atoms with van der Waals surface area (Å²) in [6.07, 6.45) is 2.14. The molecule has 1 saturated carbocycles. The van der Waals surface area contributed by atoms with E-state index >= 15 is 0 Å². The molecule has 2 heterocycles. The van der Waals surface area contributed by atoms with Crippen LogP contribution in [0.3, 0.4) is 0 Å². The SMILES string of the molecule is Cc1cc([C@@H](C)Nc2ccccc2C(=O)O)c2nc(N3CC4CC3CC4c3ccccc3)c(C#N)nc2c1. The molecule has 3 aromatic carbocycles. The van der Waals surface area contributed by atoms with Crippen LogP contribution >= 0.6 is 0 Å². The molecule has 0 spiro atoms. The second-order valence-electron chi connectivity index (χ2n) is 10.5. The van der Waals surface area contributed by atoms with Crippen molar-refractivity contribution in [1.29, 1.82) is 5.26 Å². The van der Waals surface area contributed by atoms with Crippen molar-refractivity contribution in [1.82, 2.24) is 9.97 Å². The number of carboxylic acids is 1. The minimum atomic E-state index is -0.979. The van der Waals surface area contributed by atoms with Crippen molar-refractivity contribution in [2.45, 2.75) is 44.7 Å². The summed E-state index contributed by atoms with van der Waals surface area (Å²) in [4.78, 5) is 23.9. The summed E-state index contributed by atoms with van der Waals surface area (Å²) in [7, 11) is 0. The number of hydrogen-bond donors (Lipinski definition) is 2. The maximum Gasteiger partial charge on any atom is 0.337 e. The largest absolute Gasteiger partial charge is 0.478 e. The molecule has 7 nitrogen and oxygen atoms in total. The van der Waals surface area contributed by atoms with Gasteiger partial charge in [-0.2, -0.15) is 5.26 Å². The first kappa shape index (κ1) is 23.9. The normalized spacial score (nSPS) is 20.9. The van der Waals surface area contributed by atoms with Crippen LogP contribution in [-0.4, -0.2) is 33.6 Å². The van der Waals surface area contributed by atoms with E-state index in [1.54, 1.807) is 18.2 Å². The smallest absolute Gasteiger partial charge is 0.337 e. The van der Waals surface area contributed by atoms with E-state index in [9.17, 15) is 15.2 Å². The lowest BCUT2D eigenvalue weighted by atomic mass is 9.87. The van der Waals surface area contributed by atoms with Gasteiger partial charge in [-0.1, -0.05) is 48.5 Å². The molecule has 1 aliphatic carbocycles. The van der Waals surface area contributed by atoms with E-state index in [1.807, 2.05) is 26.0 Å². The van der Waals surface area contributed by atoms with Crippen molar-refractivity contribution < 1.29 is 9.90 Å². The van der Waals surface area contributed by atoms with Crippen molar-refractivity contribution in [3.05, 3.63) is 94.7 Å². The molecule has 2 fully saturated rings. The number of aromatic nitrogens is 2. The topological polar surface area (TPSA) is 102 Å². The Morgan fingerprint density at radius 2 is 1.87 bits per heavy atom. The summed E-state index contributed by atoms with van der Waals surface area (Å²) in [5.74, 6) is 0.737. The first-order valence-corrected chi connectivity index (χ1v) is 13.1. The average Bonchev–Trinajstić information content (AvgIpc) is 3.54. The minimum Gasteiger partial charge on any atom is -0.478 e. The number of fused-ring (bicyclic) bond motifs is 3. The van der Waals surface area contributed by atoms with Crippen molar-refractivity contribution in [2.24, 2.45) is 5.92 Å². The van der Waals surface area contributed by atoms with E-state index in [0.29, 0.717) is 40.6 Å². The third-order valence-corrected chi connectivity index (χ3v) is 8.07. The zero-order chi connectivity index (χ0) is 26.4. The van der Waals surface area contributed by atoms with Crippen LogP contribution < -0.4 is 10.2 Å². The van der Waals surface area contributed by atoms with Gasteiger partial charge in [0, 0.05) is 23.8 Å². The Hall–Kier alpha value is -4.44. The van der Waals surface area contributed by atoms with Gasteiger partial charge in [-0.15, -0.1) is 0 Å². The monoisotopic (exact) mass is 503 g/mol. The van der Waals surface area contributed by atoms with Crippen LogP contribution in [0, 0.1) is 24.2 Å². The van der Waals surface area contributed by atoms with E-state index in [0.717, 1.165) is 36.0 Å². The predicted octanol–water partition coefficient (Wildman–Crippen LogP) is 6.06. The molecule has 38 heavy (non-hydrogen) atoms. The molecule has 3 unspecified atom stereocenters. The highest BCUT2D eigenvalue weighted by Gasteiger charge is 2.46. The van der Waals surface area contributed by atoms with Gasteiger partial charge in [0.05, 0.1) is 22.6 Å². The van der Waals surface area contributed by atoms with Crippen LogP contribution in [-0.2, 0) is 0 Å². The summed E-state index contributed by atoms with van der Waals surface area (Å²) in [5, 5.41) is 23.0. The Balaban J connectivity index is 1.36. The number of nitriles is 1. The summed E-state index contributed by atoms with van der Waals surface area (Å²) >= 11 is 0. The fraction of sp³-hybridized carbons (Fsp3) is 0.290. The fourth-order valence-electron chi connectivity index (χ4n) is 6.36. The van der Waals surface area contributed by atoms with Gasteiger partial charge in [0.1, 0.15) is 6.07 Å². The molecule has 4 atom stereocenters. The maximum atomic E-state index is 11.7. The molecule has 1 aliphatic heterocycles. The van der Waals surface area contributed by atoms with Crippen LogP contribution in [0.5, 0.6) is 0 Å². The molecule has 4 aromatic rings. The van der Waals surface area contributed by atoms with Gasteiger partial charge in [-0.3, -0.25) is 0 Å². The highest BCUT2D eigenvalue weighted by molar-refractivity contribution is 5.94. The molecule has 0 amide bonds. The van der Waals surface area contributed by atoms with Crippen LogP contribution in [0.15, 0.2) is 66.7 Å². The number of aromatic carboxylic acids is 1. The van der Waals surface area contributed by atoms with Crippen molar-refractivity contribution in [3.63, 3.8) is 0 Å². The highest BCUT2D eigenvalue weighted by Crippen LogP contribution is 2.49. The molecule has 1 saturated heterocycles. The number of nitrogens with one attached hydrogen (secondary N) is 1. The number of aryl methyl sites for hydroxylation is 1. The third-order valence-electron chi connectivity index (χ3n) is 8.07. The first-order chi connectivity index (χ1) is 18.4. The molecule has 2 aliphatic rings. The summed E-state index contributed by atoms with van der Waals surface area (Å²) in [6.45, 7) is 4.85. The molecule has 2 bridgehead atoms. The molecular weight excluding hydrogens is 474 g/mol. The van der Waals surface area contributed by atoms with Crippen LogP contribution in [0.25, 0.3) is 11.0 Å². The molecular formula is C31H29N5O2. The van der Waals surface area contributed by atoms with E-state index in [2.05, 4.69) is 52.7 Å². The van der Waals surface area contributed by atoms with Crippen molar-refractivity contribution >= 4 is 28.5 Å². The first-order valence-electron chi connectivity index (χ1n) is 13.1. The second-order valence-corrected chi connectivity index (χ2v) is 10.5. The van der Waals surface area contributed by atoms with Gasteiger partial charge in [-0.05, 0) is 67.9 Å². The average molecular weight is 504 g/mol. The van der Waals surface area contributed by atoms with Gasteiger partial charge in [0.15, 0.2) is 11.5 Å². The molecule has 7 heteroatoms. The Labute approximate surface area is 221 Å². The Bertz CT molecular complexity index is 1580. The Kier molecular flexibility index (Phi) is 5.96. The Morgan fingerprint density at radius 3 is 2.58 bits per heavy atom. The van der Waals surface area contributed by atoms with Gasteiger partial charge in [-0.25, -0.2) is 14.8 Å². The van der Waals surface area contributed by atoms with Crippen LogP contribution in [0.1, 0.15) is 64.5 Å². The molecule has 190 valence electrons. The van der Waals surface area contributed by atoms with Crippen LogP contribution in [0.2, 0.25) is 0 Å². The zero-order valence-electron chi connectivity index (χ0n) is 21.4. The van der Waals surface area contributed by atoms with E-state index < -0.39 is 5.97 Å². The number of benzene rings is 3. The number of rotatable bonds is 6. The second kappa shape index (κ2) is 9.46. The van der Waals surface area contributed by atoms with E-state index in [4.69, 9.17) is 9.97 Å². The van der Waals surface area contributed by atoms with Gasteiger partial charge < -0.3 is 15.3 Å². The number of carboxylic acid groups (broad SMARTS) is 1. The lowest BCUT2D eigenvalue weighted by Crippen LogP contribution is -2.36. The minimum absolute atomic E-state index is 0.218. The maximum absolute atomic E-state index is 11.7. The molecule has 0 radical (unpaired) electrons. The third kappa shape index (κ3) is 4.12. The number of carbonyl (C=O) groups is 1. The van der Waals surface area contributed by atoms with Gasteiger partial charge >= 0.3 is 5.97 Å². The zero-order valence-corrected chi connectivity index (χ0v) is 21.4. The lowest BCUT2D eigenvalue weighted by molar-refractivity contribution is 0.0698. The number of piperidine rings is 1. The summed E-state index contributed by atoms with van der Waals surface area (Å²) in [6, 6.07) is 24.0. The summed E-state index contributed by atoms with van der Waals surface area (Å²) in [5.41, 5.74) is 5.85. The summed E-state index contributed by atoms with van der Waals surface area (Å²) < 4.78 is 0. The quantitative estimate of drug-likeness (QED) is 0.329. The van der Waals surface area contributed by atoms with Crippen molar-refractivity contribution in [2.75, 3.05) is 16.8 Å². The van der Waals surface area contributed by atoms with Gasteiger partial charge in [0.2, 0.25) is 0 Å². The standard InChI is InChI=1S/C31H29N5O2/c1-18-12-24(19(2)33-26-11-7-6-10-23(26)31(37)38)29-27(13-18)34-28(16-32)30(35-29)36-17-21-14-22(36)15-25(21)20-8-4-3-5-9-20/h3-13,19,21-22,25,33H,14-15,17H2,1-2H3,(H,37,38)/t19-,21?,22?,25?/m1/s1. The predicted molar refractivity (Wildman–Crippen MR) is 147 cm³/mol. The van der Waals surface area contributed by atoms with E-state index in [-0.39, 0.29) is 11.6 Å². The van der Waals surface area contributed by atoms with Gasteiger partial charge in [0.25, 0.3) is 0 Å². The van der Waals surface area contributed by atoms with Crippen LogP contribution in [0.4, 0.5) is 11.5 Å². The molecule has 1 aromatic heterocycles. The molecule has 6 rings (SSSR count). The highest BCUT2D eigenvalue weighted by atomic mass is 16.4. The van der Waals surface area contributed by atoms with E-state index in [1.165, 1.54) is 5.56 Å². The number of anilines is 2.